The maximum Gasteiger partial charge on any atom is 0.344 e. The molecule has 148 valence electrons. The number of carbonyl (C=O) groups excluding carboxylic acids is 2. The van der Waals surface area contributed by atoms with Crippen LogP contribution < -0.4 is 9.64 Å². The first-order chi connectivity index (χ1) is 14.1. The zero-order chi connectivity index (χ0) is 20.2. The Morgan fingerprint density at radius 3 is 2.69 bits per heavy atom. The van der Waals surface area contributed by atoms with Crippen LogP contribution in [-0.4, -0.2) is 23.6 Å². The van der Waals surface area contributed by atoms with Crippen LogP contribution in [0.3, 0.4) is 0 Å². The zero-order valence-corrected chi connectivity index (χ0v) is 16.8. The molecule has 0 spiro atoms. The summed E-state index contributed by atoms with van der Waals surface area (Å²) in [6.07, 6.45) is 1.45. The van der Waals surface area contributed by atoms with Crippen LogP contribution in [0.4, 0.5) is 5.69 Å². The van der Waals surface area contributed by atoms with Crippen LogP contribution in [0.25, 0.3) is 0 Å². The van der Waals surface area contributed by atoms with Crippen molar-refractivity contribution in [3.8, 4) is 5.75 Å². The standard InChI is InChI=1S/C22H20N2O4S/c1-15-13-18(28-23-15)14-29-20-6-3-2-5-19(20)22(26)27-17-10-8-16(9-11-17)24-12-4-7-21(24)25/h2-3,5-6,8-11,13H,4,7,12,14H2,1H3. The number of amides is 1. The molecule has 1 fully saturated rings. The van der Waals surface area contributed by atoms with Crippen LogP contribution in [0.2, 0.25) is 0 Å². The van der Waals surface area contributed by atoms with E-state index in [1.54, 1.807) is 41.3 Å². The fraction of sp³-hybridized carbons (Fsp3) is 0.227. The molecule has 0 atom stereocenters. The Kier molecular flexibility index (Phi) is 5.67. The number of esters is 1. The zero-order valence-electron chi connectivity index (χ0n) is 16.0. The molecule has 0 bridgehead atoms. The second kappa shape index (κ2) is 8.53. The molecular formula is C22H20N2O4S. The van der Waals surface area contributed by atoms with Crippen LogP contribution in [0, 0.1) is 6.92 Å². The second-order valence-corrected chi connectivity index (χ2v) is 7.77. The third kappa shape index (κ3) is 4.51. The lowest BCUT2D eigenvalue weighted by Gasteiger charge is -2.16. The first kappa shape index (κ1) is 19.3. The van der Waals surface area contributed by atoms with Gasteiger partial charge in [-0.15, -0.1) is 11.8 Å². The molecule has 0 saturated carbocycles. The van der Waals surface area contributed by atoms with Gasteiger partial charge in [-0.2, -0.15) is 0 Å². The Bertz CT molecular complexity index is 1030. The van der Waals surface area contributed by atoms with E-state index in [4.69, 9.17) is 9.26 Å². The highest BCUT2D eigenvalue weighted by atomic mass is 32.2. The monoisotopic (exact) mass is 408 g/mol. The van der Waals surface area contributed by atoms with E-state index >= 15 is 0 Å². The fourth-order valence-electron chi connectivity index (χ4n) is 3.17. The molecule has 1 aliphatic heterocycles. The Balaban J connectivity index is 1.43. The van der Waals surface area contributed by atoms with Crippen LogP contribution in [-0.2, 0) is 10.5 Å². The van der Waals surface area contributed by atoms with Crippen molar-refractivity contribution in [1.29, 1.82) is 0 Å². The Morgan fingerprint density at radius 2 is 2.00 bits per heavy atom. The summed E-state index contributed by atoms with van der Waals surface area (Å²) in [7, 11) is 0. The molecule has 0 unspecified atom stereocenters. The molecule has 0 radical (unpaired) electrons. The number of hydrogen-bond donors (Lipinski definition) is 0. The van der Waals surface area contributed by atoms with Crippen molar-refractivity contribution in [2.45, 2.75) is 30.4 Å². The van der Waals surface area contributed by atoms with Gasteiger partial charge in [0.1, 0.15) is 11.5 Å². The average molecular weight is 408 g/mol. The molecule has 2 aromatic carbocycles. The number of carbonyl (C=O) groups is 2. The van der Waals surface area contributed by atoms with E-state index < -0.39 is 5.97 Å². The lowest BCUT2D eigenvalue weighted by molar-refractivity contribution is -0.117. The molecule has 4 rings (SSSR count). The summed E-state index contributed by atoms with van der Waals surface area (Å²) in [5.74, 6) is 1.47. The lowest BCUT2D eigenvalue weighted by atomic mass is 10.2. The third-order valence-corrected chi connectivity index (χ3v) is 5.68. The molecular weight excluding hydrogens is 388 g/mol. The maximum absolute atomic E-state index is 12.7. The molecule has 1 saturated heterocycles. The Hall–Kier alpha value is -3.06. The SMILES string of the molecule is Cc1cc(CSc2ccccc2C(=O)Oc2ccc(N3CCCC3=O)cc2)on1. The van der Waals surface area contributed by atoms with Gasteiger partial charge in [0.25, 0.3) is 0 Å². The van der Waals surface area contributed by atoms with Gasteiger partial charge in [0, 0.05) is 29.6 Å². The highest BCUT2D eigenvalue weighted by molar-refractivity contribution is 7.98. The van der Waals surface area contributed by atoms with E-state index in [9.17, 15) is 9.59 Å². The van der Waals surface area contributed by atoms with Gasteiger partial charge in [-0.1, -0.05) is 17.3 Å². The van der Waals surface area contributed by atoms with E-state index in [0.717, 1.165) is 35.0 Å². The molecule has 3 aromatic rings. The van der Waals surface area contributed by atoms with Crippen molar-refractivity contribution < 1.29 is 18.8 Å². The molecule has 6 nitrogen and oxygen atoms in total. The van der Waals surface area contributed by atoms with Crippen LogP contribution in [0.5, 0.6) is 5.75 Å². The number of rotatable bonds is 6. The van der Waals surface area contributed by atoms with Crippen molar-refractivity contribution in [3.63, 3.8) is 0 Å². The lowest BCUT2D eigenvalue weighted by Crippen LogP contribution is -2.23. The predicted molar refractivity (Wildman–Crippen MR) is 110 cm³/mol. The summed E-state index contributed by atoms with van der Waals surface area (Å²) >= 11 is 1.49. The number of anilines is 1. The first-order valence-electron chi connectivity index (χ1n) is 9.37. The van der Waals surface area contributed by atoms with Crippen molar-refractivity contribution >= 4 is 29.3 Å². The van der Waals surface area contributed by atoms with Gasteiger partial charge in [-0.3, -0.25) is 4.79 Å². The summed E-state index contributed by atoms with van der Waals surface area (Å²) in [4.78, 5) is 27.1. The molecule has 7 heteroatoms. The van der Waals surface area contributed by atoms with E-state index in [1.807, 2.05) is 25.1 Å². The minimum Gasteiger partial charge on any atom is -0.423 e. The maximum atomic E-state index is 12.7. The van der Waals surface area contributed by atoms with Gasteiger partial charge >= 0.3 is 5.97 Å². The summed E-state index contributed by atoms with van der Waals surface area (Å²) < 4.78 is 10.8. The Morgan fingerprint density at radius 1 is 1.21 bits per heavy atom. The van der Waals surface area contributed by atoms with Crippen LogP contribution in [0.15, 0.2) is 64.0 Å². The Labute approximate surface area is 172 Å². The summed E-state index contributed by atoms with van der Waals surface area (Å²) in [5.41, 5.74) is 2.14. The normalized spacial score (nSPS) is 13.7. The molecule has 29 heavy (non-hydrogen) atoms. The number of aromatic nitrogens is 1. The number of thioether (sulfide) groups is 1. The number of aryl methyl sites for hydroxylation is 1. The van der Waals surface area contributed by atoms with Crippen molar-refractivity contribution in [3.05, 3.63) is 71.6 Å². The fourth-order valence-corrected chi connectivity index (χ4v) is 4.09. The predicted octanol–water partition coefficient (Wildman–Crippen LogP) is 4.62. The van der Waals surface area contributed by atoms with Gasteiger partial charge in [0.15, 0.2) is 0 Å². The largest absolute Gasteiger partial charge is 0.423 e. The minimum absolute atomic E-state index is 0.127. The van der Waals surface area contributed by atoms with E-state index in [2.05, 4.69) is 5.16 Å². The molecule has 2 heterocycles. The van der Waals surface area contributed by atoms with E-state index in [-0.39, 0.29) is 5.91 Å². The molecule has 0 aliphatic carbocycles. The highest BCUT2D eigenvalue weighted by Gasteiger charge is 2.21. The topological polar surface area (TPSA) is 72.6 Å². The molecule has 0 N–H and O–H groups in total. The van der Waals surface area contributed by atoms with Gasteiger partial charge in [0.05, 0.1) is 17.0 Å². The molecule has 1 amide bonds. The number of ether oxygens (including phenoxy) is 1. The first-order valence-corrected chi connectivity index (χ1v) is 10.4. The summed E-state index contributed by atoms with van der Waals surface area (Å²) in [6, 6.07) is 16.2. The summed E-state index contributed by atoms with van der Waals surface area (Å²) in [6.45, 7) is 2.60. The molecule has 1 aliphatic rings. The van der Waals surface area contributed by atoms with E-state index in [0.29, 0.717) is 23.5 Å². The van der Waals surface area contributed by atoms with Crippen LogP contribution in [0.1, 0.15) is 34.7 Å². The summed E-state index contributed by atoms with van der Waals surface area (Å²) in [5, 5.41) is 3.88. The minimum atomic E-state index is -0.424. The number of hydrogen-bond acceptors (Lipinski definition) is 6. The molecule has 1 aromatic heterocycles. The van der Waals surface area contributed by atoms with Crippen molar-refractivity contribution in [1.82, 2.24) is 5.16 Å². The second-order valence-electron chi connectivity index (χ2n) is 6.75. The average Bonchev–Trinajstić information content (AvgIpc) is 3.35. The van der Waals surface area contributed by atoms with Gasteiger partial charge in [0.2, 0.25) is 5.91 Å². The van der Waals surface area contributed by atoms with Gasteiger partial charge in [-0.05, 0) is 49.7 Å². The number of benzene rings is 2. The quantitative estimate of drug-likeness (QED) is 0.337. The van der Waals surface area contributed by atoms with E-state index in [1.165, 1.54) is 11.8 Å². The third-order valence-electron chi connectivity index (χ3n) is 4.59. The van der Waals surface area contributed by atoms with Crippen molar-refractivity contribution in [2.75, 3.05) is 11.4 Å². The van der Waals surface area contributed by atoms with Gasteiger partial charge < -0.3 is 14.2 Å². The van der Waals surface area contributed by atoms with Gasteiger partial charge in [-0.25, -0.2) is 4.79 Å². The highest BCUT2D eigenvalue weighted by Crippen LogP contribution is 2.28. The number of nitrogens with zero attached hydrogens (tertiary/aromatic N) is 2. The smallest absolute Gasteiger partial charge is 0.344 e. The van der Waals surface area contributed by atoms with Crippen LogP contribution >= 0.6 is 11.8 Å². The van der Waals surface area contributed by atoms with Crippen molar-refractivity contribution in [2.24, 2.45) is 0 Å².